The first-order chi connectivity index (χ1) is 8.71. The van der Waals surface area contributed by atoms with Gasteiger partial charge in [0, 0.05) is 6.42 Å². The molecule has 0 spiro atoms. The van der Waals surface area contributed by atoms with Gasteiger partial charge in [0.15, 0.2) is 0 Å². The van der Waals surface area contributed by atoms with E-state index in [2.05, 4.69) is 6.07 Å². The van der Waals surface area contributed by atoms with E-state index in [9.17, 15) is 4.79 Å². The third kappa shape index (κ3) is 3.92. The SMILES string of the molecule is CCOC(=O)Cc1cc(C#N)ccc1CCC#N. The van der Waals surface area contributed by atoms with Crippen LogP contribution >= 0.6 is 0 Å². The van der Waals surface area contributed by atoms with Crippen LogP contribution in [0.1, 0.15) is 30.0 Å². The molecule has 0 saturated heterocycles. The first kappa shape index (κ1) is 13.7. The molecule has 0 fully saturated rings. The predicted octanol–water partition coefficient (Wildman–Crippen LogP) is 2.12. The quantitative estimate of drug-likeness (QED) is 0.741. The van der Waals surface area contributed by atoms with Crippen LogP contribution in [0.25, 0.3) is 0 Å². The van der Waals surface area contributed by atoms with Crippen LogP contribution in [0.3, 0.4) is 0 Å². The molecule has 1 aromatic carbocycles. The minimum atomic E-state index is -0.314. The molecule has 0 N–H and O–H groups in total. The minimum Gasteiger partial charge on any atom is -0.466 e. The number of nitriles is 2. The van der Waals surface area contributed by atoms with Crippen LogP contribution in [-0.4, -0.2) is 12.6 Å². The van der Waals surface area contributed by atoms with Gasteiger partial charge in [-0.1, -0.05) is 6.07 Å². The van der Waals surface area contributed by atoms with Gasteiger partial charge in [0.25, 0.3) is 0 Å². The minimum absolute atomic E-state index is 0.143. The van der Waals surface area contributed by atoms with Gasteiger partial charge in [-0.2, -0.15) is 10.5 Å². The molecule has 18 heavy (non-hydrogen) atoms. The van der Waals surface area contributed by atoms with E-state index < -0.39 is 0 Å². The van der Waals surface area contributed by atoms with Gasteiger partial charge in [-0.15, -0.1) is 0 Å². The molecule has 1 rings (SSSR count). The highest BCUT2D eigenvalue weighted by Gasteiger charge is 2.09. The summed E-state index contributed by atoms with van der Waals surface area (Å²) < 4.78 is 4.89. The first-order valence-electron chi connectivity index (χ1n) is 5.75. The number of hydrogen-bond acceptors (Lipinski definition) is 4. The van der Waals surface area contributed by atoms with Crippen molar-refractivity contribution in [2.75, 3.05) is 6.61 Å². The Balaban J connectivity index is 2.93. The van der Waals surface area contributed by atoms with Crippen LogP contribution in [0.2, 0.25) is 0 Å². The maximum atomic E-state index is 11.5. The van der Waals surface area contributed by atoms with E-state index in [1.165, 1.54) is 0 Å². The van der Waals surface area contributed by atoms with Gasteiger partial charge in [0.2, 0.25) is 0 Å². The average Bonchev–Trinajstić information content (AvgIpc) is 2.37. The van der Waals surface area contributed by atoms with Crippen molar-refractivity contribution in [1.29, 1.82) is 10.5 Å². The van der Waals surface area contributed by atoms with E-state index >= 15 is 0 Å². The highest BCUT2D eigenvalue weighted by Crippen LogP contribution is 2.15. The molecule has 0 unspecified atom stereocenters. The topological polar surface area (TPSA) is 73.9 Å². The van der Waals surface area contributed by atoms with Gasteiger partial charge in [-0.05, 0) is 36.6 Å². The molecule has 0 bridgehead atoms. The second kappa shape index (κ2) is 7.09. The van der Waals surface area contributed by atoms with E-state index in [0.717, 1.165) is 11.1 Å². The molecule has 0 aliphatic heterocycles. The lowest BCUT2D eigenvalue weighted by atomic mass is 9.98. The van der Waals surface area contributed by atoms with E-state index in [4.69, 9.17) is 15.3 Å². The van der Waals surface area contributed by atoms with E-state index in [1.54, 1.807) is 25.1 Å². The fourth-order valence-corrected chi connectivity index (χ4v) is 1.66. The third-order valence-electron chi connectivity index (χ3n) is 2.48. The molecule has 0 radical (unpaired) electrons. The fraction of sp³-hybridized carbons (Fsp3) is 0.357. The predicted molar refractivity (Wildman–Crippen MR) is 65.4 cm³/mol. The van der Waals surface area contributed by atoms with Gasteiger partial charge in [0.05, 0.1) is 30.7 Å². The molecule has 0 amide bonds. The standard InChI is InChI=1S/C14H14N2O2/c1-2-18-14(17)9-13-8-11(10-16)5-6-12(13)4-3-7-15/h5-6,8H,2-4,9H2,1H3. The lowest BCUT2D eigenvalue weighted by Crippen LogP contribution is -2.09. The number of carbonyl (C=O) groups is 1. The van der Waals surface area contributed by atoms with Crippen molar-refractivity contribution < 1.29 is 9.53 Å². The Morgan fingerprint density at radius 1 is 1.33 bits per heavy atom. The van der Waals surface area contributed by atoms with Gasteiger partial charge in [-0.25, -0.2) is 0 Å². The molecule has 0 aliphatic carbocycles. The zero-order valence-electron chi connectivity index (χ0n) is 10.3. The van der Waals surface area contributed by atoms with Crippen molar-refractivity contribution in [2.45, 2.75) is 26.2 Å². The molecule has 0 saturated carbocycles. The molecular formula is C14H14N2O2. The normalized spacial score (nSPS) is 9.28. The summed E-state index contributed by atoms with van der Waals surface area (Å²) in [5, 5.41) is 17.4. The summed E-state index contributed by atoms with van der Waals surface area (Å²) >= 11 is 0. The number of ether oxygens (including phenoxy) is 1. The fourth-order valence-electron chi connectivity index (χ4n) is 1.66. The molecular weight excluding hydrogens is 228 g/mol. The zero-order chi connectivity index (χ0) is 13.4. The smallest absolute Gasteiger partial charge is 0.310 e. The van der Waals surface area contributed by atoms with E-state index in [0.29, 0.717) is 25.0 Å². The summed E-state index contributed by atoms with van der Waals surface area (Å²) in [5.41, 5.74) is 2.20. The van der Waals surface area contributed by atoms with Gasteiger partial charge >= 0.3 is 5.97 Å². The molecule has 92 valence electrons. The molecule has 0 aromatic heterocycles. The highest BCUT2D eigenvalue weighted by atomic mass is 16.5. The Hall–Kier alpha value is -2.33. The molecule has 0 aliphatic rings. The number of carbonyl (C=O) groups excluding carboxylic acids is 1. The Morgan fingerprint density at radius 3 is 2.72 bits per heavy atom. The molecule has 4 heteroatoms. The Kier molecular flexibility index (Phi) is 5.41. The number of nitrogens with zero attached hydrogens (tertiary/aromatic N) is 2. The summed E-state index contributed by atoms with van der Waals surface area (Å²) in [6.45, 7) is 2.09. The second-order valence-electron chi connectivity index (χ2n) is 3.74. The summed E-state index contributed by atoms with van der Waals surface area (Å²) in [7, 11) is 0. The van der Waals surface area contributed by atoms with Gasteiger partial charge < -0.3 is 4.74 Å². The maximum absolute atomic E-state index is 11.5. The summed E-state index contributed by atoms with van der Waals surface area (Å²) in [6, 6.07) is 9.28. The maximum Gasteiger partial charge on any atom is 0.310 e. The Labute approximate surface area is 106 Å². The van der Waals surface area contributed by atoms with Crippen LogP contribution in [0, 0.1) is 22.7 Å². The summed E-state index contributed by atoms with van der Waals surface area (Å²) in [5.74, 6) is -0.314. The number of hydrogen-bond donors (Lipinski definition) is 0. The van der Waals surface area contributed by atoms with Crippen molar-refractivity contribution in [2.24, 2.45) is 0 Å². The average molecular weight is 242 g/mol. The third-order valence-corrected chi connectivity index (χ3v) is 2.48. The van der Waals surface area contributed by atoms with Crippen LogP contribution in [-0.2, 0) is 22.4 Å². The molecule has 0 atom stereocenters. The Bertz CT molecular complexity index is 510. The number of esters is 1. The number of rotatable bonds is 5. The lowest BCUT2D eigenvalue weighted by molar-refractivity contribution is -0.142. The Morgan fingerprint density at radius 2 is 2.11 bits per heavy atom. The number of benzene rings is 1. The largest absolute Gasteiger partial charge is 0.466 e. The van der Waals surface area contributed by atoms with Crippen molar-refractivity contribution in [1.82, 2.24) is 0 Å². The second-order valence-corrected chi connectivity index (χ2v) is 3.74. The number of aryl methyl sites for hydroxylation is 1. The van der Waals surface area contributed by atoms with Crippen molar-refractivity contribution in [3.63, 3.8) is 0 Å². The molecule has 1 aromatic rings. The van der Waals surface area contributed by atoms with Gasteiger partial charge in [0.1, 0.15) is 0 Å². The molecule has 0 heterocycles. The summed E-state index contributed by atoms with van der Waals surface area (Å²) in [6.07, 6.45) is 1.11. The van der Waals surface area contributed by atoms with Crippen LogP contribution in [0.4, 0.5) is 0 Å². The van der Waals surface area contributed by atoms with Gasteiger partial charge in [-0.3, -0.25) is 4.79 Å². The highest BCUT2D eigenvalue weighted by molar-refractivity contribution is 5.73. The zero-order valence-corrected chi connectivity index (χ0v) is 10.3. The van der Waals surface area contributed by atoms with E-state index in [-0.39, 0.29) is 12.4 Å². The van der Waals surface area contributed by atoms with Crippen molar-refractivity contribution in [3.05, 3.63) is 34.9 Å². The lowest BCUT2D eigenvalue weighted by Gasteiger charge is -2.08. The monoisotopic (exact) mass is 242 g/mol. The molecule has 4 nitrogen and oxygen atoms in total. The van der Waals surface area contributed by atoms with Crippen LogP contribution in [0.15, 0.2) is 18.2 Å². The van der Waals surface area contributed by atoms with Crippen molar-refractivity contribution in [3.8, 4) is 12.1 Å². The first-order valence-corrected chi connectivity index (χ1v) is 5.75. The van der Waals surface area contributed by atoms with E-state index in [1.807, 2.05) is 6.07 Å². The van der Waals surface area contributed by atoms with Crippen LogP contribution < -0.4 is 0 Å². The summed E-state index contributed by atoms with van der Waals surface area (Å²) in [4.78, 5) is 11.5. The van der Waals surface area contributed by atoms with Crippen molar-refractivity contribution >= 4 is 5.97 Å². The van der Waals surface area contributed by atoms with Crippen LogP contribution in [0.5, 0.6) is 0 Å².